The number of aromatic nitrogens is 3. The fraction of sp³-hybridized carbons (Fsp3) is 0.529. The first-order chi connectivity index (χ1) is 10.4. The monoisotopic (exact) mass is 343 g/mol. The maximum atomic E-state index is 4.59. The Morgan fingerprint density at radius 2 is 1.95 bits per heavy atom. The molecule has 3 atom stereocenters. The van der Waals surface area contributed by atoms with Gasteiger partial charge in [0.2, 0.25) is 0 Å². The van der Waals surface area contributed by atoms with Gasteiger partial charge in [0, 0.05) is 12.0 Å². The molecule has 3 nitrogen and oxygen atoms in total. The van der Waals surface area contributed by atoms with Gasteiger partial charge in [-0.2, -0.15) is 0 Å². The van der Waals surface area contributed by atoms with Crippen LogP contribution in [0.25, 0.3) is 0 Å². The highest BCUT2D eigenvalue weighted by molar-refractivity contribution is 9.08. The van der Waals surface area contributed by atoms with E-state index < -0.39 is 0 Å². The van der Waals surface area contributed by atoms with Crippen molar-refractivity contribution in [2.45, 2.75) is 48.9 Å². The largest absolute Gasteiger partial charge is 0.311 e. The Bertz CT molecular complexity index is 704. The van der Waals surface area contributed by atoms with Crippen LogP contribution in [0.2, 0.25) is 0 Å². The molecule has 2 saturated carbocycles. The van der Waals surface area contributed by atoms with Crippen molar-refractivity contribution in [2.24, 2.45) is 5.92 Å². The third kappa shape index (κ3) is 1.78. The van der Waals surface area contributed by atoms with Crippen LogP contribution < -0.4 is 0 Å². The Morgan fingerprint density at radius 3 is 2.76 bits per heavy atom. The van der Waals surface area contributed by atoms with E-state index in [1.54, 1.807) is 11.1 Å². The first-order valence-electron chi connectivity index (χ1n) is 7.96. The number of fused-ring (bicyclic) bond motifs is 3. The molecule has 21 heavy (non-hydrogen) atoms. The maximum absolute atomic E-state index is 4.59. The van der Waals surface area contributed by atoms with E-state index in [0.717, 1.165) is 17.1 Å². The van der Waals surface area contributed by atoms with Crippen molar-refractivity contribution in [3.63, 3.8) is 0 Å². The minimum absolute atomic E-state index is 0.606. The molecule has 1 heterocycles. The van der Waals surface area contributed by atoms with E-state index in [1.807, 2.05) is 0 Å². The molecule has 0 N–H and O–H groups in total. The highest BCUT2D eigenvalue weighted by Gasteiger charge is 2.56. The normalized spacial score (nSPS) is 29.9. The Morgan fingerprint density at radius 1 is 1.10 bits per heavy atom. The molecular formula is C17H18BrN3. The zero-order valence-corrected chi connectivity index (χ0v) is 13.5. The van der Waals surface area contributed by atoms with Crippen LogP contribution in [0.3, 0.4) is 0 Å². The second-order valence-corrected chi connectivity index (χ2v) is 7.22. The third-order valence-corrected chi connectivity index (χ3v) is 5.95. The molecule has 3 aliphatic rings. The van der Waals surface area contributed by atoms with Crippen LogP contribution in [-0.2, 0) is 11.8 Å². The molecule has 1 aromatic heterocycles. The topological polar surface area (TPSA) is 30.7 Å². The van der Waals surface area contributed by atoms with E-state index in [-0.39, 0.29) is 0 Å². The number of rotatable bonds is 3. The molecule has 3 aliphatic carbocycles. The summed E-state index contributed by atoms with van der Waals surface area (Å²) in [6, 6.07) is 9.66. The summed E-state index contributed by atoms with van der Waals surface area (Å²) in [5.74, 6) is 4.47. The molecule has 1 aromatic carbocycles. The third-order valence-electron chi connectivity index (χ3n) is 5.45. The number of aryl methyl sites for hydroxylation is 1. The van der Waals surface area contributed by atoms with Crippen molar-refractivity contribution in [1.29, 1.82) is 0 Å². The van der Waals surface area contributed by atoms with Gasteiger partial charge in [-0.25, -0.2) is 0 Å². The van der Waals surface area contributed by atoms with Crippen LogP contribution >= 0.6 is 15.9 Å². The van der Waals surface area contributed by atoms with Gasteiger partial charge in [0.25, 0.3) is 0 Å². The SMILES string of the molecule is BrCc1nnc(C2C3CCc4ccccc4C32)n1C1CC1. The molecule has 108 valence electrons. The van der Waals surface area contributed by atoms with Crippen LogP contribution in [0.15, 0.2) is 24.3 Å². The lowest BCUT2D eigenvalue weighted by atomic mass is 9.92. The van der Waals surface area contributed by atoms with Gasteiger partial charge in [0.1, 0.15) is 11.6 Å². The number of halogens is 1. The standard InChI is InChI=1S/C17H18BrN3/c18-9-14-19-20-17(21(14)11-6-7-11)16-13-8-5-10-3-1-2-4-12(10)15(13)16/h1-4,11,13,15-16H,5-9H2. The highest BCUT2D eigenvalue weighted by Crippen LogP contribution is 2.65. The molecular weight excluding hydrogens is 326 g/mol. The van der Waals surface area contributed by atoms with E-state index in [9.17, 15) is 0 Å². The maximum Gasteiger partial charge on any atom is 0.143 e. The number of benzene rings is 1. The molecule has 0 bridgehead atoms. The summed E-state index contributed by atoms with van der Waals surface area (Å²) in [6.07, 6.45) is 5.14. The summed E-state index contributed by atoms with van der Waals surface area (Å²) in [6.45, 7) is 0. The van der Waals surface area contributed by atoms with Gasteiger partial charge >= 0.3 is 0 Å². The quantitative estimate of drug-likeness (QED) is 0.790. The predicted molar refractivity (Wildman–Crippen MR) is 84.7 cm³/mol. The lowest BCUT2D eigenvalue weighted by molar-refractivity contribution is 0.624. The Balaban J connectivity index is 1.55. The van der Waals surface area contributed by atoms with Crippen molar-refractivity contribution in [1.82, 2.24) is 14.8 Å². The van der Waals surface area contributed by atoms with E-state index in [1.165, 1.54) is 31.5 Å². The zero-order chi connectivity index (χ0) is 14.0. The minimum atomic E-state index is 0.606. The van der Waals surface area contributed by atoms with Crippen molar-refractivity contribution < 1.29 is 0 Å². The van der Waals surface area contributed by atoms with Gasteiger partial charge in [-0.3, -0.25) is 0 Å². The van der Waals surface area contributed by atoms with Gasteiger partial charge in [0.15, 0.2) is 0 Å². The smallest absolute Gasteiger partial charge is 0.143 e. The minimum Gasteiger partial charge on any atom is -0.311 e. The van der Waals surface area contributed by atoms with Crippen molar-refractivity contribution in [3.8, 4) is 0 Å². The van der Waals surface area contributed by atoms with Crippen LogP contribution in [0.5, 0.6) is 0 Å². The Kier molecular flexibility index (Phi) is 2.61. The van der Waals surface area contributed by atoms with Crippen molar-refractivity contribution in [2.75, 3.05) is 0 Å². The second kappa shape index (κ2) is 4.42. The van der Waals surface area contributed by atoms with E-state index >= 15 is 0 Å². The summed E-state index contributed by atoms with van der Waals surface area (Å²) in [4.78, 5) is 0. The van der Waals surface area contributed by atoms with Gasteiger partial charge < -0.3 is 4.57 Å². The molecule has 0 spiro atoms. The second-order valence-electron chi connectivity index (χ2n) is 6.66. The molecule has 2 aromatic rings. The fourth-order valence-electron chi connectivity index (χ4n) is 4.30. The van der Waals surface area contributed by atoms with Crippen molar-refractivity contribution in [3.05, 3.63) is 47.0 Å². The highest BCUT2D eigenvalue weighted by atomic mass is 79.9. The predicted octanol–water partition coefficient (Wildman–Crippen LogP) is 3.95. The molecule has 5 rings (SSSR count). The van der Waals surface area contributed by atoms with Gasteiger partial charge in [-0.05, 0) is 48.6 Å². The van der Waals surface area contributed by atoms with E-state index in [2.05, 4.69) is 55.0 Å². The Hall–Kier alpha value is -1.16. The van der Waals surface area contributed by atoms with E-state index in [0.29, 0.717) is 17.9 Å². The Labute approximate surface area is 132 Å². The number of hydrogen-bond donors (Lipinski definition) is 0. The zero-order valence-electron chi connectivity index (χ0n) is 11.9. The number of hydrogen-bond acceptors (Lipinski definition) is 2. The summed E-state index contributed by atoms with van der Waals surface area (Å²) < 4.78 is 2.44. The van der Waals surface area contributed by atoms with Crippen LogP contribution in [-0.4, -0.2) is 14.8 Å². The average Bonchev–Trinajstić information content (AvgIpc) is 3.44. The molecule has 0 amide bonds. The molecule has 2 fully saturated rings. The molecule has 0 aliphatic heterocycles. The van der Waals surface area contributed by atoms with Crippen LogP contribution in [0.1, 0.15) is 59.9 Å². The number of nitrogens with zero attached hydrogens (tertiary/aromatic N) is 3. The fourth-order valence-corrected chi connectivity index (χ4v) is 4.69. The summed E-state index contributed by atoms with van der Waals surface area (Å²) in [5.41, 5.74) is 3.13. The molecule has 0 saturated heterocycles. The summed E-state index contributed by atoms with van der Waals surface area (Å²) >= 11 is 3.57. The molecule has 0 radical (unpaired) electrons. The van der Waals surface area contributed by atoms with Gasteiger partial charge in [0.05, 0.1) is 5.33 Å². The van der Waals surface area contributed by atoms with Crippen LogP contribution in [0.4, 0.5) is 0 Å². The molecule has 4 heteroatoms. The van der Waals surface area contributed by atoms with Crippen molar-refractivity contribution >= 4 is 15.9 Å². The average molecular weight is 344 g/mol. The van der Waals surface area contributed by atoms with Crippen LogP contribution in [0, 0.1) is 5.92 Å². The van der Waals surface area contributed by atoms with E-state index in [4.69, 9.17) is 0 Å². The first kappa shape index (κ1) is 12.4. The first-order valence-corrected chi connectivity index (χ1v) is 9.08. The molecule has 3 unspecified atom stereocenters. The summed E-state index contributed by atoms with van der Waals surface area (Å²) in [7, 11) is 0. The lowest BCUT2D eigenvalue weighted by Gasteiger charge is -2.13. The van der Waals surface area contributed by atoms with Gasteiger partial charge in [-0.15, -0.1) is 10.2 Å². The summed E-state index contributed by atoms with van der Waals surface area (Å²) in [5, 5.41) is 9.84. The lowest BCUT2D eigenvalue weighted by Crippen LogP contribution is -2.04. The number of alkyl halides is 1. The van der Waals surface area contributed by atoms with Gasteiger partial charge in [-0.1, -0.05) is 40.2 Å².